The summed E-state index contributed by atoms with van der Waals surface area (Å²) in [7, 11) is 0. The number of alkyl halides is 7. The molecule has 2 rings (SSSR count). The highest BCUT2D eigenvalue weighted by Crippen LogP contribution is 2.48. The van der Waals surface area contributed by atoms with Crippen LogP contribution in [0.15, 0.2) is 30.5 Å². The largest absolute Gasteiger partial charge is 0.462 e. The van der Waals surface area contributed by atoms with Gasteiger partial charge in [-0.3, -0.25) is 0 Å². The fourth-order valence-corrected chi connectivity index (χ4v) is 1.57. The molecule has 1 aromatic carbocycles. The number of aromatic nitrogens is 3. The number of hydrogen-bond acceptors (Lipinski definition) is 2. The van der Waals surface area contributed by atoms with Gasteiger partial charge in [0.25, 0.3) is 0 Å². The van der Waals surface area contributed by atoms with Crippen molar-refractivity contribution in [3.63, 3.8) is 0 Å². The van der Waals surface area contributed by atoms with Gasteiger partial charge in [0.05, 0.1) is 6.20 Å². The molecule has 0 atom stereocenters. The van der Waals surface area contributed by atoms with Crippen LogP contribution in [-0.4, -0.2) is 27.1 Å². The Morgan fingerprint density at radius 3 is 1.95 bits per heavy atom. The maximum atomic E-state index is 13.4. The highest BCUT2D eigenvalue weighted by atomic mass is 19.4. The van der Waals surface area contributed by atoms with E-state index in [1.54, 1.807) is 19.1 Å². The highest BCUT2D eigenvalue weighted by molar-refractivity contribution is 5.57. The molecule has 0 unspecified atom stereocenters. The van der Waals surface area contributed by atoms with Gasteiger partial charge in [-0.05, 0) is 6.92 Å². The molecule has 0 spiro atoms. The van der Waals surface area contributed by atoms with Crippen LogP contribution in [0.4, 0.5) is 30.7 Å². The summed E-state index contributed by atoms with van der Waals surface area (Å²) >= 11 is 0. The molecule has 0 amide bonds. The van der Waals surface area contributed by atoms with Gasteiger partial charge < -0.3 is 0 Å². The average Bonchev–Trinajstić information content (AvgIpc) is 2.88. The zero-order valence-corrected chi connectivity index (χ0v) is 10.9. The lowest BCUT2D eigenvalue weighted by atomic mass is 10.1. The molecule has 0 aliphatic heterocycles. The van der Waals surface area contributed by atoms with Gasteiger partial charge in [0.1, 0.15) is 5.69 Å². The highest BCUT2D eigenvalue weighted by Gasteiger charge is 2.75. The topological polar surface area (TPSA) is 30.7 Å². The van der Waals surface area contributed by atoms with E-state index in [0.29, 0.717) is 6.20 Å². The third-order valence-corrected chi connectivity index (χ3v) is 2.86. The van der Waals surface area contributed by atoms with E-state index in [4.69, 9.17) is 0 Å². The van der Waals surface area contributed by atoms with Crippen LogP contribution in [0.1, 0.15) is 5.56 Å². The second-order valence-corrected chi connectivity index (χ2v) is 4.53. The van der Waals surface area contributed by atoms with Crippen molar-refractivity contribution in [3.05, 3.63) is 36.0 Å². The molecule has 120 valence electrons. The molecular formula is C12H8F7N3. The van der Waals surface area contributed by atoms with Crippen molar-refractivity contribution >= 4 is 0 Å². The molecule has 0 N–H and O–H groups in total. The summed E-state index contributed by atoms with van der Waals surface area (Å²) in [5.41, 5.74) is 0.839. The van der Waals surface area contributed by atoms with E-state index < -0.39 is 22.8 Å². The third-order valence-electron chi connectivity index (χ3n) is 2.86. The minimum absolute atomic E-state index is 0.252. The van der Waals surface area contributed by atoms with Gasteiger partial charge in [0.2, 0.25) is 0 Å². The molecule has 0 aliphatic rings. The normalized spacial score (nSPS) is 13.5. The first kappa shape index (κ1) is 16.2. The summed E-state index contributed by atoms with van der Waals surface area (Å²) in [4.78, 5) is 0. The first-order valence-corrected chi connectivity index (χ1v) is 5.79. The molecule has 0 bridgehead atoms. The van der Waals surface area contributed by atoms with E-state index in [-0.39, 0.29) is 11.3 Å². The maximum absolute atomic E-state index is 13.4. The zero-order valence-electron chi connectivity index (χ0n) is 10.9. The Morgan fingerprint density at radius 1 is 0.909 bits per heavy atom. The molecule has 0 aliphatic carbocycles. The second-order valence-electron chi connectivity index (χ2n) is 4.53. The first-order chi connectivity index (χ1) is 9.97. The van der Waals surface area contributed by atoms with Crippen LogP contribution in [-0.2, 0) is 6.05 Å². The smallest absolute Gasteiger partial charge is 0.187 e. The standard InChI is InChI=1S/C12H8F7N3/c1-7-2-4-8(5-3-7)9-6-22(21-20-9)12(18,19)10(13,14)11(15,16)17/h2-6H,1H3. The summed E-state index contributed by atoms with van der Waals surface area (Å²) in [6.07, 6.45) is -6.09. The number of halogens is 7. The Hall–Kier alpha value is -2.13. The Labute approximate surface area is 119 Å². The van der Waals surface area contributed by atoms with Gasteiger partial charge >= 0.3 is 18.1 Å². The van der Waals surface area contributed by atoms with Crippen molar-refractivity contribution in [2.45, 2.75) is 25.1 Å². The van der Waals surface area contributed by atoms with Gasteiger partial charge in [-0.15, -0.1) is 5.10 Å². The van der Waals surface area contributed by atoms with E-state index in [1.807, 2.05) is 0 Å². The second kappa shape index (κ2) is 4.96. The Morgan fingerprint density at radius 2 is 1.45 bits per heavy atom. The minimum Gasteiger partial charge on any atom is -0.187 e. The van der Waals surface area contributed by atoms with E-state index in [1.165, 1.54) is 12.1 Å². The monoisotopic (exact) mass is 327 g/mol. The van der Waals surface area contributed by atoms with Crippen LogP contribution in [0, 0.1) is 6.92 Å². The molecule has 0 fully saturated rings. The van der Waals surface area contributed by atoms with Crippen LogP contribution in [0.2, 0.25) is 0 Å². The minimum atomic E-state index is -6.42. The van der Waals surface area contributed by atoms with Crippen molar-refractivity contribution < 1.29 is 30.7 Å². The van der Waals surface area contributed by atoms with Crippen molar-refractivity contribution in [2.75, 3.05) is 0 Å². The van der Waals surface area contributed by atoms with Crippen molar-refractivity contribution in [1.82, 2.24) is 15.0 Å². The zero-order chi connectivity index (χ0) is 16.8. The fraction of sp³-hybridized carbons (Fsp3) is 0.333. The van der Waals surface area contributed by atoms with Crippen molar-refractivity contribution in [2.24, 2.45) is 0 Å². The van der Waals surface area contributed by atoms with Crippen LogP contribution < -0.4 is 0 Å². The van der Waals surface area contributed by atoms with Gasteiger partial charge in [-0.2, -0.15) is 35.4 Å². The average molecular weight is 327 g/mol. The third kappa shape index (κ3) is 2.53. The molecule has 10 heteroatoms. The molecule has 0 saturated heterocycles. The van der Waals surface area contributed by atoms with Crippen molar-refractivity contribution in [1.29, 1.82) is 0 Å². The van der Waals surface area contributed by atoms with Gasteiger partial charge in [0.15, 0.2) is 0 Å². The lowest BCUT2D eigenvalue weighted by Gasteiger charge is -2.27. The number of nitrogens with zero attached hydrogens (tertiary/aromatic N) is 3. The molecule has 2 aromatic rings. The van der Waals surface area contributed by atoms with E-state index in [9.17, 15) is 30.7 Å². The van der Waals surface area contributed by atoms with Crippen LogP contribution in [0.5, 0.6) is 0 Å². The van der Waals surface area contributed by atoms with Gasteiger partial charge in [0, 0.05) is 5.56 Å². The Bertz CT molecular complexity index is 658. The van der Waals surface area contributed by atoms with Gasteiger partial charge in [-0.25, -0.2) is 0 Å². The lowest BCUT2D eigenvalue weighted by Crippen LogP contribution is -2.53. The number of aryl methyl sites for hydroxylation is 1. The summed E-state index contributed by atoms with van der Waals surface area (Å²) < 4.78 is 88.1. The molecule has 1 heterocycles. The summed E-state index contributed by atoms with van der Waals surface area (Å²) in [5, 5.41) is 5.91. The predicted octanol–water partition coefficient (Wildman–Crippen LogP) is 4.00. The predicted molar refractivity (Wildman–Crippen MR) is 61.4 cm³/mol. The number of hydrogen-bond donors (Lipinski definition) is 0. The number of rotatable bonds is 3. The van der Waals surface area contributed by atoms with Gasteiger partial charge in [-0.1, -0.05) is 35.0 Å². The molecule has 0 saturated carbocycles. The quantitative estimate of drug-likeness (QED) is 0.798. The Kier molecular flexibility index (Phi) is 3.66. The summed E-state index contributed by atoms with van der Waals surface area (Å²) in [5.74, 6) is -6.28. The summed E-state index contributed by atoms with van der Waals surface area (Å²) in [6.45, 7) is 1.75. The van der Waals surface area contributed by atoms with E-state index in [0.717, 1.165) is 5.56 Å². The fourth-order valence-electron chi connectivity index (χ4n) is 1.57. The number of benzene rings is 1. The molecule has 3 nitrogen and oxygen atoms in total. The van der Waals surface area contributed by atoms with E-state index >= 15 is 0 Å². The van der Waals surface area contributed by atoms with E-state index in [2.05, 4.69) is 10.3 Å². The molecular weight excluding hydrogens is 319 g/mol. The SMILES string of the molecule is Cc1ccc(-c2cn(C(F)(F)C(F)(F)C(F)(F)F)nn2)cc1. The lowest BCUT2D eigenvalue weighted by molar-refractivity contribution is -0.383. The van der Waals surface area contributed by atoms with Crippen LogP contribution in [0.3, 0.4) is 0 Å². The Balaban J connectivity index is 2.40. The first-order valence-electron chi connectivity index (χ1n) is 5.79. The molecule has 0 radical (unpaired) electrons. The molecule has 22 heavy (non-hydrogen) atoms. The summed E-state index contributed by atoms with van der Waals surface area (Å²) in [6, 6.07) is 0.488. The molecule has 1 aromatic heterocycles. The van der Waals surface area contributed by atoms with Crippen molar-refractivity contribution in [3.8, 4) is 11.3 Å². The van der Waals surface area contributed by atoms with Crippen LogP contribution >= 0.6 is 0 Å². The van der Waals surface area contributed by atoms with Crippen LogP contribution in [0.25, 0.3) is 11.3 Å². The maximum Gasteiger partial charge on any atom is 0.462 e.